The molecular formula is C26H36N2O2S. The lowest BCUT2D eigenvalue weighted by atomic mass is 10.1. The first-order valence-corrected chi connectivity index (χ1v) is 12.4. The van der Waals surface area contributed by atoms with E-state index in [1.165, 1.54) is 11.1 Å². The molecular weight excluding hydrogens is 404 g/mol. The van der Waals surface area contributed by atoms with Crippen LogP contribution in [0.2, 0.25) is 0 Å². The molecule has 0 aliphatic rings. The van der Waals surface area contributed by atoms with Crippen molar-refractivity contribution in [2.75, 3.05) is 18.8 Å². The van der Waals surface area contributed by atoms with E-state index in [-0.39, 0.29) is 11.8 Å². The summed E-state index contributed by atoms with van der Waals surface area (Å²) in [5.41, 5.74) is 2.44. The third-order valence-electron chi connectivity index (χ3n) is 5.13. The van der Waals surface area contributed by atoms with Gasteiger partial charge in [-0.05, 0) is 29.9 Å². The molecule has 2 amide bonds. The van der Waals surface area contributed by atoms with Gasteiger partial charge in [0.25, 0.3) is 0 Å². The van der Waals surface area contributed by atoms with E-state index in [0.29, 0.717) is 31.8 Å². The van der Waals surface area contributed by atoms with Crippen molar-refractivity contribution in [3.8, 4) is 0 Å². The smallest absolute Gasteiger partial charge is 0.242 e. The van der Waals surface area contributed by atoms with E-state index in [9.17, 15) is 9.59 Å². The fourth-order valence-corrected chi connectivity index (χ4v) is 4.28. The fourth-order valence-electron chi connectivity index (χ4n) is 3.39. The molecule has 1 unspecified atom stereocenters. The van der Waals surface area contributed by atoms with Crippen molar-refractivity contribution >= 4 is 23.6 Å². The van der Waals surface area contributed by atoms with Crippen LogP contribution in [-0.2, 0) is 21.8 Å². The summed E-state index contributed by atoms with van der Waals surface area (Å²) in [6.45, 7) is 7.31. The highest BCUT2D eigenvalue weighted by Gasteiger charge is 2.27. The molecule has 0 saturated heterocycles. The highest BCUT2D eigenvalue weighted by Crippen LogP contribution is 2.16. The zero-order valence-electron chi connectivity index (χ0n) is 19.0. The first kappa shape index (κ1) is 25.0. The predicted octanol–water partition coefficient (Wildman–Crippen LogP) is 4.93. The van der Waals surface area contributed by atoms with Crippen LogP contribution in [0.15, 0.2) is 60.7 Å². The summed E-state index contributed by atoms with van der Waals surface area (Å²) in [5.74, 6) is 2.03. The first-order chi connectivity index (χ1) is 15.0. The zero-order chi connectivity index (χ0) is 22.5. The molecule has 4 nitrogen and oxygen atoms in total. The molecule has 2 aromatic carbocycles. The molecule has 0 radical (unpaired) electrons. The number of hydrogen-bond acceptors (Lipinski definition) is 3. The van der Waals surface area contributed by atoms with Gasteiger partial charge in [0.15, 0.2) is 0 Å². The second-order valence-corrected chi connectivity index (χ2v) is 9.28. The summed E-state index contributed by atoms with van der Waals surface area (Å²) in [4.78, 5) is 27.8. The Morgan fingerprint density at radius 2 is 1.58 bits per heavy atom. The van der Waals surface area contributed by atoms with E-state index in [1.54, 1.807) is 16.7 Å². The average Bonchev–Trinajstić information content (AvgIpc) is 2.79. The van der Waals surface area contributed by atoms with E-state index in [4.69, 9.17) is 0 Å². The lowest BCUT2D eigenvalue weighted by molar-refractivity contribution is -0.140. The maximum absolute atomic E-state index is 13.2. The van der Waals surface area contributed by atoms with Crippen molar-refractivity contribution in [2.45, 2.75) is 51.8 Å². The Morgan fingerprint density at radius 3 is 2.16 bits per heavy atom. The molecule has 0 aliphatic carbocycles. The maximum Gasteiger partial charge on any atom is 0.242 e. The number of hydrogen-bond donors (Lipinski definition) is 1. The minimum Gasteiger partial charge on any atom is -0.354 e. The van der Waals surface area contributed by atoms with Crippen molar-refractivity contribution in [3.05, 3.63) is 71.8 Å². The van der Waals surface area contributed by atoms with Gasteiger partial charge in [-0.15, -0.1) is 0 Å². The molecule has 1 atom stereocenters. The molecule has 2 aromatic rings. The summed E-state index contributed by atoms with van der Waals surface area (Å²) in [6, 6.07) is 20.0. The number of amides is 2. The summed E-state index contributed by atoms with van der Waals surface area (Å²) < 4.78 is 0. The number of rotatable bonds is 13. The summed E-state index contributed by atoms with van der Waals surface area (Å²) in [6.07, 6.45) is 1.81. The Kier molecular flexibility index (Phi) is 11.2. The van der Waals surface area contributed by atoms with Gasteiger partial charge in [-0.2, -0.15) is 11.8 Å². The number of nitrogens with one attached hydrogen (secondary N) is 1. The SMILES string of the molecule is CCC(C(=O)NCC(C)C)N(CCc1ccccc1)C(=O)CCSCc1ccccc1. The molecule has 1 N–H and O–H groups in total. The number of carbonyl (C=O) groups is 2. The van der Waals surface area contributed by atoms with Crippen LogP contribution < -0.4 is 5.32 Å². The van der Waals surface area contributed by atoms with Crippen molar-refractivity contribution in [3.63, 3.8) is 0 Å². The van der Waals surface area contributed by atoms with Crippen LogP contribution in [0.3, 0.4) is 0 Å². The number of benzene rings is 2. The summed E-state index contributed by atoms with van der Waals surface area (Å²) >= 11 is 1.76. The molecule has 2 rings (SSSR count). The van der Waals surface area contributed by atoms with Crippen LogP contribution in [0.1, 0.15) is 44.7 Å². The minimum atomic E-state index is -0.422. The Labute approximate surface area is 191 Å². The van der Waals surface area contributed by atoms with Crippen LogP contribution in [0, 0.1) is 5.92 Å². The monoisotopic (exact) mass is 440 g/mol. The largest absolute Gasteiger partial charge is 0.354 e. The molecule has 168 valence electrons. The van der Waals surface area contributed by atoms with Gasteiger partial charge < -0.3 is 10.2 Å². The molecule has 0 spiro atoms. The topological polar surface area (TPSA) is 49.4 Å². The van der Waals surface area contributed by atoms with Crippen LogP contribution in [0.4, 0.5) is 0 Å². The van der Waals surface area contributed by atoms with Gasteiger partial charge >= 0.3 is 0 Å². The lowest BCUT2D eigenvalue weighted by Gasteiger charge is -2.31. The Morgan fingerprint density at radius 1 is 0.968 bits per heavy atom. The van der Waals surface area contributed by atoms with Crippen LogP contribution in [0.5, 0.6) is 0 Å². The third kappa shape index (κ3) is 9.18. The molecule has 0 aromatic heterocycles. The molecule has 0 bridgehead atoms. The Hall–Kier alpha value is -2.27. The van der Waals surface area contributed by atoms with Gasteiger partial charge in [-0.3, -0.25) is 9.59 Å². The van der Waals surface area contributed by atoms with Crippen LogP contribution in [-0.4, -0.2) is 41.6 Å². The van der Waals surface area contributed by atoms with Crippen LogP contribution >= 0.6 is 11.8 Å². The Balaban J connectivity index is 1.98. The Bertz CT molecular complexity index is 781. The van der Waals surface area contributed by atoms with Gasteiger partial charge in [-0.25, -0.2) is 0 Å². The lowest BCUT2D eigenvalue weighted by Crippen LogP contribution is -2.50. The molecule has 0 saturated carbocycles. The van der Waals surface area contributed by atoms with Gasteiger partial charge in [0.1, 0.15) is 6.04 Å². The van der Waals surface area contributed by atoms with Crippen molar-refractivity contribution in [1.29, 1.82) is 0 Å². The minimum absolute atomic E-state index is 0.0467. The van der Waals surface area contributed by atoms with Gasteiger partial charge in [0, 0.05) is 31.0 Å². The van der Waals surface area contributed by atoms with E-state index >= 15 is 0 Å². The second-order valence-electron chi connectivity index (χ2n) is 8.17. The zero-order valence-corrected chi connectivity index (χ0v) is 19.9. The molecule has 0 fully saturated rings. The number of nitrogens with zero attached hydrogens (tertiary/aromatic N) is 1. The normalized spacial score (nSPS) is 11.9. The highest BCUT2D eigenvalue weighted by molar-refractivity contribution is 7.98. The second kappa shape index (κ2) is 13.9. The quantitative estimate of drug-likeness (QED) is 0.449. The van der Waals surface area contributed by atoms with Gasteiger partial charge in [0.05, 0.1) is 0 Å². The number of thioether (sulfide) groups is 1. The summed E-state index contributed by atoms with van der Waals surface area (Å²) in [5, 5.41) is 3.02. The van der Waals surface area contributed by atoms with E-state index in [2.05, 4.69) is 43.4 Å². The van der Waals surface area contributed by atoms with E-state index in [1.807, 2.05) is 43.3 Å². The molecule has 0 heterocycles. The predicted molar refractivity (Wildman–Crippen MR) is 131 cm³/mol. The fraction of sp³-hybridized carbons (Fsp3) is 0.462. The summed E-state index contributed by atoms with van der Waals surface area (Å²) in [7, 11) is 0. The average molecular weight is 441 g/mol. The highest BCUT2D eigenvalue weighted by atomic mass is 32.2. The van der Waals surface area contributed by atoms with Gasteiger partial charge in [-0.1, -0.05) is 81.4 Å². The van der Waals surface area contributed by atoms with E-state index < -0.39 is 6.04 Å². The molecule has 31 heavy (non-hydrogen) atoms. The maximum atomic E-state index is 13.2. The third-order valence-corrected chi connectivity index (χ3v) is 6.16. The first-order valence-electron chi connectivity index (χ1n) is 11.2. The van der Waals surface area contributed by atoms with Crippen molar-refractivity contribution in [1.82, 2.24) is 10.2 Å². The molecule has 0 aliphatic heterocycles. The molecule has 5 heteroatoms. The van der Waals surface area contributed by atoms with E-state index in [0.717, 1.165) is 17.9 Å². The van der Waals surface area contributed by atoms with Gasteiger partial charge in [0.2, 0.25) is 11.8 Å². The number of carbonyl (C=O) groups excluding carboxylic acids is 2. The van der Waals surface area contributed by atoms with Crippen LogP contribution in [0.25, 0.3) is 0 Å². The standard InChI is InChI=1S/C26H36N2O2S/c1-4-24(26(30)27-19-21(2)3)28(17-15-22-11-7-5-8-12-22)25(29)16-18-31-20-23-13-9-6-10-14-23/h5-14,21,24H,4,15-20H2,1-3H3,(H,27,30). The van der Waals surface area contributed by atoms with Crippen molar-refractivity contribution in [2.24, 2.45) is 5.92 Å². The van der Waals surface area contributed by atoms with Crippen molar-refractivity contribution < 1.29 is 9.59 Å².